The zero-order valence-electron chi connectivity index (χ0n) is 7.10. The third-order valence-electron chi connectivity index (χ3n) is 1.47. The molecule has 0 aromatic heterocycles. The zero-order valence-corrected chi connectivity index (χ0v) is 7.10. The molecule has 72 valence electrons. The van der Waals surface area contributed by atoms with Gasteiger partial charge in [0.05, 0.1) is 12.7 Å². The molecule has 5 nitrogen and oxygen atoms in total. The Morgan fingerprint density at radius 2 is 2.00 bits per heavy atom. The van der Waals surface area contributed by atoms with Crippen LogP contribution in [-0.2, 0) is 9.53 Å². The molecule has 0 aliphatic carbocycles. The van der Waals surface area contributed by atoms with Crippen molar-refractivity contribution >= 4 is 5.78 Å². The van der Waals surface area contributed by atoms with Crippen molar-refractivity contribution < 1.29 is 24.9 Å². The van der Waals surface area contributed by atoms with E-state index < -0.39 is 30.7 Å². The summed E-state index contributed by atoms with van der Waals surface area (Å²) in [4.78, 5) is 11.1. The van der Waals surface area contributed by atoms with E-state index in [2.05, 4.69) is 4.74 Å². The standard InChI is InChI=1S/C7H14O5/c1-4(9)7(12-2)6(11)5(10)3-8/h4-5,7-10H,3H2,1-2H3/t4-,5-,7-/m0/s1. The van der Waals surface area contributed by atoms with E-state index in [0.29, 0.717) is 0 Å². The van der Waals surface area contributed by atoms with Gasteiger partial charge in [0, 0.05) is 7.11 Å². The summed E-state index contributed by atoms with van der Waals surface area (Å²) in [6.07, 6.45) is -3.56. The number of hydrogen-bond donors (Lipinski definition) is 3. The van der Waals surface area contributed by atoms with Crippen molar-refractivity contribution in [2.75, 3.05) is 13.7 Å². The third-order valence-corrected chi connectivity index (χ3v) is 1.47. The molecule has 5 heteroatoms. The highest BCUT2D eigenvalue weighted by Crippen LogP contribution is 2.02. The van der Waals surface area contributed by atoms with Gasteiger partial charge in [0.1, 0.15) is 12.2 Å². The Hall–Kier alpha value is -0.490. The number of aliphatic hydroxyl groups is 3. The maximum absolute atomic E-state index is 11.1. The summed E-state index contributed by atoms with van der Waals surface area (Å²) in [5, 5.41) is 26.3. The second-order valence-corrected chi connectivity index (χ2v) is 2.50. The summed E-state index contributed by atoms with van der Waals surface area (Å²) in [6, 6.07) is 0. The Bertz CT molecular complexity index is 145. The van der Waals surface area contributed by atoms with Crippen LogP contribution >= 0.6 is 0 Å². The summed E-state index contributed by atoms with van der Waals surface area (Å²) in [5.74, 6) is -0.713. The Morgan fingerprint density at radius 1 is 1.50 bits per heavy atom. The molecule has 0 aromatic rings. The van der Waals surface area contributed by atoms with Crippen molar-refractivity contribution in [2.24, 2.45) is 0 Å². The van der Waals surface area contributed by atoms with Gasteiger partial charge in [0.25, 0.3) is 0 Å². The smallest absolute Gasteiger partial charge is 0.194 e. The van der Waals surface area contributed by atoms with Gasteiger partial charge in [-0.1, -0.05) is 0 Å². The molecule has 0 amide bonds. The number of methoxy groups -OCH3 is 1. The van der Waals surface area contributed by atoms with Crippen LogP contribution in [0.25, 0.3) is 0 Å². The lowest BCUT2D eigenvalue weighted by Crippen LogP contribution is -2.41. The minimum atomic E-state index is -1.48. The van der Waals surface area contributed by atoms with Crippen molar-refractivity contribution in [3.8, 4) is 0 Å². The molecule has 3 atom stereocenters. The Kier molecular flexibility index (Phi) is 5.00. The SMILES string of the molecule is CO[C@H](C(=O)[C@@H](O)CO)[C@H](C)O. The van der Waals surface area contributed by atoms with Crippen LogP contribution in [0.1, 0.15) is 6.92 Å². The molecule has 0 bridgehead atoms. The number of carbonyl (C=O) groups excluding carboxylic acids is 1. The van der Waals surface area contributed by atoms with Crippen molar-refractivity contribution in [3.05, 3.63) is 0 Å². The number of rotatable bonds is 5. The topological polar surface area (TPSA) is 87.0 Å². The molecule has 0 saturated heterocycles. The minimum absolute atomic E-state index is 0.661. The van der Waals surface area contributed by atoms with Gasteiger partial charge in [-0.3, -0.25) is 4.79 Å². The molecular weight excluding hydrogens is 164 g/mol. The lowest BCUT2D eigenvalue weighted by molar-refractivity contribution is -0.145. The molecule has 0 aromatic carbocycles. The number of carbonyl (C=O) groups is 1. The van der Waals surface area contributed by atoms with E-state index in [4.69, 9.17) is 15.3 Å². The van der Waals surface area contributed by atoms with E-state index in [9.17, 15) is 4.79 Å². The average Bonchev–Trinajstić information content (AvgIpc) is 2.03. The number of Topliss-reactive ketones (excluding diaryl/α,β-unsaturated/α-hetero) is 1. The highest BCUT2D eigenvalue weighted by atomic mass is 16.5. The molecule has 0 spiro atoms. The molecule has 0 aliphatic heterocycles. The van der Waals surface area contributed by atoms with Crippen molar-refractivity contribution in [1.29, 1.82) is 0 Å². The Morgan fingerprint density at radius 3 is 2.25 bits per heavy atom. The lowest BCUT2D eigenvalue weighted by Gasteiger charge is -2.18. The van der Waals surface area contributed by atoms with E-state index in [1.807, 2.05) is 0 Å². The van der Waals surface area contributed by atoms with Gasteiger partial charge in [0.15, 0.2) is 5.78 Å². The van der Waals surface area contributed by atoms with E-state index in [0.717, 1.165) is 0 Å². The third kappa shape index (κ3) is 2.86. The molecule has 0 rings (SSSR count). The molecule has 0 saturated carbocycles. The van der Waals surface area contributed by atoms with Crippen LogP contribution in [0, 0.1) is 0 Å². The van der Waals surface area contributed by atoms with Crippen molar-refractivity contribution in [2.45, 2.75) is 25.2 Å². The van der Waals surface area contributed by atoms with Gasteiger partial charge in [0.2, 0.25) is 0 Å². The number of ketones is 1. The van der Waals surface area contributed by atoms with E-state index in [-0.39, 0.29) is 0 Å². The van der Waals surface area contributed by atoms with Gasteiger partial charge in [-0.2, -0.15) is 0 Å². The molecule has 0 unspecified atom stereocenters. The van der Waals surface area contributed by atoms with Crippen LogP contribution in [-0.4, -0.2) is 53.1 Å². The van der Waals surface area contributed by atoms with Gasteiger partial charge in [-0.15, -0.1) is 0 Å². The molecule has 3 N–H and O–H groups in total. The highest BCUT2D eigenvalue weighted by Gasteiger charge is 2.28. The first-order chi connectivity index (χ1) is 5.54. The van der Waals surface area contributed by atoms with E-state index in [1.54, 1.807) is 0 Å². The fraction of sp³-hybridized carbons (Fsp3) is 0.857. The highest BCUT2D eigenvalue weighted by molar-refractivity contribution is 5.87. The van der Waals surface area contributed by atoms with Gasteiger partial charge < -0.3 is 20.1 Å². The first-order valence-corrected chi connectivity index (χ1v) is 3.58. The first kappa shape index (κ1) is 11.5. The average molecular weight is 178 g/mol. The van der Waals surface area contributed by atoms with Crippen molar-refractivity contribution in [1.82, 2.24) is 0 Å². The Labute approximate surface area is 70.6 Å². The maximum Gasteiger partial charge on any atom is 0.194 e. The predicted molar refractivity (Wildman–Crippen MR) is 40.6 cm³/mol. The molecule has 0 fully saturated rings. The van der Waals surface area contributed by atoms with Crippen LogP contribution in [0.5, 0.6) is 0 Å². The van der Waals surface area contributed by atoms with Crippen LogP contribution in [0.15, 0.2) is 0 Å². The number of ether oxygens (including phenoxy) is 1. The zero-order chi connectivity index (χ0) is 9.72. The molecule has 0 radical (unpaired) electrons. The van der Waals surface area contributed by atoms with Crippen LogP contribution in [0.3, 0.4) is 0 Å². The lowest BCUT2D eigenvalue weighted by atomic mass is 10.1. The summed E-state index contributed by atoms with van der Waals surface area (Å²) < 4.78 is 4.63. The van der Waals surface area contributed by atoms with Crippen LogP contribution in [0.2, 0.25) is 0 Å². The quantitative estimate of drug-likeness (QED) is 0.467. The summed E-state index contributed by atoms with van der Waals surface area (Å²) in [5.41, 5.74) is 0. The second-order valence-electron chi connectivity index (χ2n) is 2.50. The molecular formula is C7H14O5. The molecule has 0 aliphatic rings. The first-order valence-electron chi connectivity index (χ1n) is 3.58. The fourth-order valence-electron chi connectivity index (χ4n) is 0.830. The summed E-state index contributed by atoms with van der Waals surface area (Å²) in [6.45, 7) is 0.710. The van der Waals surface area contributed by atoms with Gasteiger partial charge in [-0.05, 0) is 6.92 Å². The second kappa shape index (κ2) is 5.21. The van der Waals surface area contributed by atoms with E-state index in [1.165, 1.54) is 14.0 Å². The largest absolute Gasteiger partial charge is 0.393 e. The number of aliphatic hydroxyl groups excluding tert-OH is 3. The summed E-state index contributed by atoms with van der Waals surface area (Å²) >= 11 is 0. The molecule has 12 heavy (non-hydrogen) atoms. The maximum atomic E-state index is 11.1. The van der Waals surface area contributed by atoms with E-state index >= 15 is 0 Å². The van der Waals surface area contributed by atoms with Gasteiger partial charge in [-0.25, -0.2) is 0 Å². The predicted octanol–water partition coefficient (Wildman–Crippen LogP) is -1.70. The number of hydrogen-bond acceptors (Lipinski definition) is 5. The normalized spacial score (nSPS) is 18.4. The van der Waals surface area contributed by atoms with Crippen LogP contribution < -0.4 is 0 Å². The summed E-state index contributed by atoms with van der Waals surface area (Å²) in [7, 11) is 1.25. The fourth-order valence-corrected chi connectivity index (χ4v) is 0.830. The van der Waals surface area contributed by atoms with Crippen LogP contribution in [0.4, 0.5) is 0 Å². The van der Waals surface area contributed by atoms with Crippen molar-refractivity contribution in [3.63, 3.8) is 0 Å². The molecule has 0 heterocycles. The van der Waals surface area contributed by atoms with Gasteiger partial charge >= 0.3 is 0 Å². The Balaban J connectivity index is 4.21. The monoisotopic (exact) mass is 178 g/mol. The minimum Gasteiger partial charge on any atom is -0.393 e.